The van der Waals surface area contributed by atoms with Crippen molar-refractivity contribution in [2.24, 2.45) is 4.99 Å². The lowest BCUT2D eigenvalue weighted by molar-refractivity contribution is 0.508. The third kappa shape index (κ3) is 2.29. The molecule has 1 aliphatic rings. The second-order valence-electron chi connectivity index (χ2n) is 3.37. The highest BCUT2D eigenvalue weighted by Gasteiger charge is 2.16. The standard InChI is InChI=1S/C9H18N2/c1-4-5-9-8(3)11-7(2)6-10-9/h7,9-10H,4-6H2,1-3H3. The van der Waals surface area contributed by atoms with Crippen molar-refractivity contribution in [2.45, 2.75) is 45.7 Å². The van der Waals surface area contributed by atoms with Gasteiger partial charge in [0.05, 0.1) is 6.04 Å². The summed E-state index contributed by atoms with van der Waals surface area (Å²) < 4.78 is 0. The van der Waals surface area contributed by atoms with E-state index in [-0.39, 0.29) is 0 Å². The van der Waals surface area contributed by atoms with Gasteiger partial charge in [-0.15, -0.1) is 0 Å². The summed E-state index contributed by atoms with van der Waals surface area (Å²) in [5.74, 6) is 0. The first-order valence-corrected chi connectivity index (χ1v) is 4.51. The van der Waals surface area contributed by atoms with Crippen molar-refractivity contribution in [1.29, 1.82) is 0 Å². The first-order chi connectivity index (χ1) is 5.24. The van der Waals surface area contributed by atoms with Crippen LogP contribution in [0.3, 0.4) is 0 Å². The van der Waals surface area contributed by atoms with E-state index in [1.165, 1.54) is 18.6 Å². The number of hydrogen-bond donors (Lipinski definition) is 1. The van der Waals surface area contributed by atoms with E-state index in [0.29, 0.717) is 12.1 Å². The van der Waals surface area contributed by atoms with Gasteiger partial charge in [0.2, 0.25) is 0 Å². The molecule has 64 valence electrons. The molecule has 2 heteroatoms. The van der Waals surface area contributed by atoms with Crippen LogP contribution in [0.25, 0.3) is 0 Å². The predicted octanol–water partition coefficient (Wildman–Crippen LogP) is 1.61. The summed E-state index contributed by atoms with van der Waals surface area (Å²) in [6.07, 6.45) is 2.46. The summed E-state index contributed by atoms with van der Waals surface area (Å²) in [4.78, 5) is 4.54. The molecular formula is C9H18N2. The van der Waals surface area contributed by atoms with E-state index >= 15 is 0 Å². The van der Waals surface area contributed by atoms with Crippen LogP contribution in [-0.4, -0.2) is 24.3 Å². The van der Waals surface area contributed by atoms with E-state index < -0.39 is 0 Å². The van der Waals surface area contributed by atoms with Crippen LogP contribution in [0.4, 0.5) is 0 Å². The van der Waals surface area contributed by atoms with Crippen molar-refractivity contribution < 1.29 is 0 Å². The van der Waals surface area contributed by atoms with E-state index in [1.54, 1.807) is 0 Å². The Morgan fingerprint density at radius 2 is 2.36 bits per heavy atom. The molecule has 0 fully saturated rings. The second-order valence-corrected chi connectivity index (χ2v) is 3.37. The summed E-state index contributed by atoms with van der Waals surface area (Å²) >= 11 is 0. The fourth-order valence-electron chi connectivity index (χ4n) is 1.54. The molecule has 2 unspecified atom stereocenters. The Bertz CT molecular complexity index is 152. The maximum absolute atomic E-state index is 4.54. The van der Waals surface area contributed by atoms with Crippen LogP contribution in [0.2, 0.25) is 0 Å². The monoisotopic (exact) mass is 154 g/mol. The third-order valence-electron chi connectivity index (χ3n) is 2.17. The molecule has 1 aliphatic heterocycles. The van der Waals surface area contributed by atoms with Crippen LogP contribution in [0.1, 0.15) is 33.6 Å². The molecule has 0 saturated carbocycles. The van der Waals surface area contributed by atoms with Crippen LogP contribution in [0, 0.1) is 0 Å². The molecule has 0 saturated heterocycles. The quantitative estimate of drug-likeness (QED) is 0.642. The molecular weight excluding hydrogens is 136 g/mol. The molecule has 0 radical (unpaired) electrons. The van der Waals surface area contributed by atoms with E-state index in [9.17, 15) is 0 Å². The maximum atomic E-state index is 4.54. The average molecular weight is 154 g/mol. The molecule has 2 nitrogen and oxygen atoms in total. The molecule has 11 heavy (non-hydrogen) atoms. The third-order valence-corrected chi connectivity index (χ3v) is 2.17. The minimum absolute atomic E-state index is 0.475. The normalized spacial score (nSPS) is 31.7. The highest BCUT2D eigenvalue weighted by atomic mass is 15.0. The van der Waals surface area contributed by atoms with Gasteiger partial charge in [0.25, 0.3) is 0 Å². The van der Waals surface area contributed by atoms with Crippen LogP contribution >= 0.6 is 0 Å². The fourth-order valence-corrected chi connectivity index (χ4v) is 1.54. The number of rotatable bonds is 2. The largest absolute Gasteiger partial charge is 0.307 e. The first kappa shape index (κ1) is 8.72. The van der Waals surface area contributed by atoms with Crippen molar-refractivity contribution in [2.75, 3.05) is 6.54 Å². The van der Waals surface area contributed by atoms with E-state index in [4.69, 9.17) is 0 Å². The smallest absolute Gasteiger partial charge is 0.0596 e. The van der Waals surface area contributed by atoms with Gasteiger partial charge < -0.3 is 5.32 Å². The van der Waals surface area contributed by atoms with Gasteiger partial charge in [-0.25, -0.2) is 0 Å². The topological polar surface area (TPSA) is 24.4 Å². The van der Waals surface area contributed by atoms with Gasteiger partial charge in [0.1, 0.15) is 0 Å². The summed E-state index contributed by atoms with van der Waals surface area (Å²) in [6, 6.07) is 1.03. The van der Waals surface area contributed by atoms with Crippen molar-refractivity contribution in [3.05, 3.63) is 0 Å². The molecule has 0 spiro atoms. The zero-order chi connectivity index (χ0) is 8.27. The van der Waals surface area contributed by atoms with Gasteiger partial charge in [0.15, 0.2) is 0 Å². The SMILES string of the molecule is CCCC1NCC(C)N=C1C. The van der Waals surface area contributed by atoms with Crippen molar-refractivity contribution in [3.8, 4) is 0 Å². The minimum atomic E-state index is 0.475. The van der Waals surface area contributed by atoms with Gasteiger partial charge in [-0.2, -0.15) is 0 Å². The number of hydrogen-bond acceptors (Lipinski definition) is 2. The number of nitrogens with zero attached hydrogens (tertiary/aromatic N) is 1. The van der Waals surface area contributed by atoms with Gasteiger partial charge >= 0.3 is 0 Å². The average Bonchev–Trinajstić information content (AvgIpc) is 1.95. The van der Waals surface area contributed by atoms with E-state index in [0.717, 1.165) is 6.54 Å². The summed E-state index contributed by atoms with van der Waals surface area (Å²) in [7, 11) is 0. The van der Waals surface area contributed by atoms with E-state index in [2.05, 4.69) is 31.1 Å². The summed E-state index contributed by atoms with van der Waals surface area (Å²) in [5.41, 5.74) is 1.28. The molecule has 0 bridgehead atoms. The van der Waals surface area contributed by atoms with Crippen molar-refractivity contribution in [3.63, 3.8) is 0 Å². The minimum Gasteiger partial charge on any atom is -0.307 e. The van der Waals surface area contributed by atoms with Crippen LogP contribution in [-0.2, 0) is 0 Å². The Kier molecular flexibility index (Phi) is 3.06. The summed E-state index contributed by atoms with van der Waals surface area (Å²) in [5, 5.41) is 3.49. The molecule has 0 aromatic rings. The van der Waals surface area contributed by atoms with Crippen LogP contribution in [0.5, 0.6) is 0 Å². The second kappa shape index (κ2) is 3.86. The molecule has 1 heterocycles. The Labute approximate surface area is 69.1 Å². The molecule has 0 aromatic carbocycles. The Morgan fingerprint density at radius 1 is 1.64 bits per heavy atom. The molecule has 2 atom stereocenters. The Balaban J connectivity index is 2.50. The van der Waals surface area contributed by atoms with Crippen molar-refractivity contribution >= 4 is 5.71 Å². The molecule has 0 aromatic heterocycles. The Morgan fingerprint density at radius 3 is 2.91 bits per heavy atom. The number of nitrogens with one attached hydrogen (secondary N) is 1. The van der Waals surface area contributed by atoms with Crippen LogP contribution < -0.4 is 5.32 Å². The van der Waals surface area contributed by atoms with Gasteiger partial charge in [-0.05, 0) is 20.3 Å². The zero-order valence-corrected chi connectivity index (χ0v) is 7.72. The molecule has 0 amide bonds. The lowest BCUT2D eigenvalue weighted by atomic mass is 10.0. The number of aliphatic imine (C=N–C) groups is 1. The van der Waals surface area contributed by atoms with Crippen LogP contribution in [0.15, 0.2) is 4.99 Å². The van der Waals surface area contributed by atoms with Gasteiger partial charge in [-0.1, -0.05) is 13.3 Å². The highest BCUT2D eigenvalue weighted by Crippen LogP contribution is 2.06. The van der Waals surface area contributed by atoms with Gasteiger partial charge in [0, 0.05) is 18.3 Å². The lowest BCUT2D eigenvalue weighted by Crippen LogP contribution is -2.43. The fraction of sp³-hybridized carbons (Fsp3) is 0.889. The lowest BCUT2D eigenvalue weighted by Gasteiger charge is -2.25. The first-order valence-electron chi connectivity index (χ1n) is 4.51. The molecule has 0 aliphatic carbocycles. The summed E-state index contributed by atoms with van der Waals surface area (Å²) in [6.45, 7) is 7.54. The van der Waals surface area contributed by atoms with Gasteiger partial charge in [-0.3, -0.25) is 4.99 Å². The van der Waals surface area contributed by atoms with Crippen molar-refractivity contribution in [1.82, 2.24) is 5.32 Å². The highest BCUT2D eigenvalue weighted by molar-refractivity contribution is 5.87. The molecule has 1 rings (SSSR count). The molecule has 1 N–H and O–H groups in total. The predicted molar refractivity (Wildman–Crippen MR) is 49.3 cm³/mol. The Hall–Kier alpha value is -0.370. The maximum Gasteiger partial charge on any atom is 0.0596 e. The zero-order valence-electron chi connectivity index (χ0n) is 7.72. The van der Waals surface area contributed by atoms with E-state index in [1.807, 2.05) is 0 Å².